The fourth-order valence-corrected chi connectivity index (χ4v) is 2.09. The van der Waals surface area contributed by atoms with Gasteiger partial charge in [-0.15, -0.1) is 11.8 Å². The molecule has 110 valence electrons. The second kappa shape index (κ2) is 9.39. The standard InChI is InChI=1S/C14H19NO4S/c1-3-19-14(17)11-4-6-12(7-5-11)15-13(16)10-20-9-8-18-2/h4-7H,3,8-10H2,1-2H3,(H,15,16). The molecule has 1 rings (SSSR count). The molecule has 0 spiro atoms. The van der Waals surface area contributed by atoms with Gasteiger partial charge in [-0.25, -0.2) is 4.79 Å². The molecule has 0 aliphatic carbocycles. The summed E-state index contributed by atoms with van der Waals surface area (Å²) in [5.41, 5.74) is 1.13. The summed E-state index contributed by atoms with van der Waals surface area (Å²) in [5, 5.41) is 2.76. The lowest BCUT2D eigenvalue weighted by Gasteiger charge is -2.06. The van der Waals surface area contributed by atoms with Gasteiger partial charge in [-0.3, -0.25) is 4.79 Å². The summed E-state index contributed by atoms with van der Waals surface area (Å²) in [7, 11) is 1.63. The van der Waals surface area contributed by atoms with E-state index in [9.17, 15) is 9.59 Å². The molecule has 0 aromatic heterocycles. The Labute approximate surface area is 123 Å². The van der Waals surface area contributed by atoms with Crippen LogP contribution in [0.15, 0.2) is 24.3 Å². The minimum absolute atomic E-state index is 0.0741. The summed E-state index contributed by atoms with van der Waals surface area (Å²) in [5.74, 6) is 0.727. The molecule has 1 aromatic carbocycles. The van der Waals surface area contributed by atoms with Crippen LogP contribution in [-0.2, 0) is 14.3 Å². The van der Waals surface area contributed by atoms with Gasteiger partial charge in [0.15, 0.2) is 0 Å². The molecule has 20 heavy (non-hydrogen) atoms. The van der Waals surface area contributed by atoms with E-state index in [0.29, 0.717) is 30.2 Å². The molecule has 0 aliphatic heterocycles. The van der Waals surface area contributed by atoms with Gasteiger partial charge < -0.3 is 14.8 Å². The van der Waals surface area contributed by atoms with Crippen molar-refractivity contribution in [2.75, 3.05) is 37.1 Å². The highest BCUT2D eigenvalue weighted by atomic mass is 32.2. The van der Waals surface area contributed by atoms with Crippen LogP contribution in [-0.4, -0.2) is 43.7 Å². The average molecular weight is 297 g/mol. The normalized spacial score (nSPS) is 10.1. The average Bonchev–Trinajstić information content (AvgIpc) is 2.45. The van der Waals surface area contributed by atoms with Crippen molar-refractivity contribution in [1.29, 1.82) is 0 Å². The maximum absolute atomic E-state index is 11.6. The van der Waals surface area contributed by atoms with Gasteiger partial charge in [-0.1, -0.05) is 0 Å². The first-order valence-corrected chi connectivity index (χ1v) is 7.46. The fraction of sp³-hybridized carbons (Fsp3) is 0.429. The molecule has 0 radical (unpaired) electrons. The van der Waals surface area contributed by atoms with Gasteiger partial charge in [0.1, 0.15) is 0 Å². The van der Waals surface area contributed by atoms with Crippen molar-refractivity contribution in [2.45, 2.75) is 6.92 Å². The Balaban J connectivity index is 2.41. The topological polar surface area (TPSA) is 64.6 Å². The van der Waals surface area contributed by atoms with Crippen molar-refractivity contribution in [1.82, 2.24) is 0 Å². The molecule has 0 unspecified atom stereocenters. The third-order valence-corrected chi connectivity index (χ3v) is 3.27. The molecule has 5 nitrogen and oxygen atoms in total. The molecular weight excluding hydrogens is 278 g/mol. The van der Waals surface area contributed by atoms with E-state index in [2.05, 4.69) is 5.32 Å². The number of hydrogen-bond donors (Lipinski definition) is 1. The second-order valence-electron chi connectivity index (χ2n) is 3.89. The highest BCUT2D eigenvalue weighted by Gasteiger charge is 2.07. The van der Waals surface area contributed by atoms with E-state index in [0.717, 1.165) is 5.75 Å². The Morgan fingerprint density at radius 2 is 1.95 bits per heavy atom. The van der Waals surface area contributed by atoms with Gasteiger partial charge >= 0.3 is 5.97 Å². The number of ether oxygens (including phenoxy) is 2. The van der Waals surface area contributed by atoms with E-state index in [-0.39, 0.29) is 11.9 Å². The fourth-order valence-electron chi connectivity index (χ4n) is 1.41. The maximum Gasteiger partial charge on any atom is 0.338 e. The van der Waals surface area contributed by atoms with Crippen LogP contribution >= 0.6 is 11.8 Å². The number of amides is 1. The van der Waals surface area contributed by atoms with Crippen LogP contribution in [0.5, 0.6) is 0 Å². The summed E-state index contributed by atoms with van der Waals surface area (Å²) < 4.78 is 9.78. The molecule has 0 atom stereocenters. The smallest absolute Gasteiger partial charge is 0.338 e. The highest BCUT2D eigenvalue weighted by molar-refractivity contribution is 7.99. The summed E-state index contributed by atoms with van der Waals surface area (Å²) in [6.45, 7) is 2.73. The number of thioether (sulfide) groups is 1. The van der Waals surface area contributed by atoms with Gasteiger partial charge in [0.05, 0.1) is 24.5 Å². The number of carbonyl (C=O) groups is 2. The molecule has 0 saturated carbocycles. The quantitative estimate of drug-likeness (QED) is 0.588. The van der Waals surface area contributed by atoms with Crippen molar-refractivity contribution < 1.29 is 19.1 Å². The zero-order valence-electron chi connectivity index (χ0n) is 11.7. The highest BCUT2D eigenvalue weighted by Crippen LogP contribution is 2.11. The second-order valence-corrected chi connectivity index (χ2v) is 5.00. The molecule has 1 amide bonds. The zero-order chi connectivity index (χ0) is 14.8. The van der Waals surface area contributed by atoms with E-state index < -0.39 is 0 Å². The van der Waals surface area contributed by atoms with Crippen molar-refractivity contribution in [3.8, 4) is 0 Å². The predicted octanol–water partition coefficient (Wildman–Crippen LogP) is 2.18. The van der Waals surface area contributed by atoms with Gasteiger partial charge in [-0.2, -0.15) is 0 Å². The Kier molecular flexibility index (Phi) is 7.75. The first-order valence-electron chi connectivity index (χ1n) is 6.31. The zero-order valence-corrected chi connectivity index (χ0v) is 12.5. The van der Waals surface area contributed by atoms with Gasteiger partial charge in [0.25, 0.3) is 0 Å². The molecule has 1 N–H and O–H groups in total. The summed E-state index contributed by atoms with van der Waals surface area (Å²) >= 11 is 1.51. The van der Waals surface area contributed by atoms with Crippen molar-refractivity contribution >= 4 is 29.3 Å². The third kappa shape index (κ3) is 6.08. The summed E-state index contributed by atoms with van der Waals surface area (Å²) in [4.78, 5) is 23.1. The molecule has 0 saturated heterocycles. The molecule has 1 aromatic rings. The number of benzene rings is 1. The van der Waals surface area contributed by atoms with Crippen molar-refractivity contribution in [3.05, 3.63) is 29.8 Å². The van der Waals surface area contributed by atoms with E-state index >= 15 is 0 Å². The third-order valence-electron chi connectivity index (χ3n) is 2.34. The molecule has 0 aliphatic rings. The monoisotopic (exact) mass is 297 g/mol. The van der Waals surface area contributed by atoms with Crippen LogP contribution in [0.4, 0.5) is 5.69 Å². The van der Waals surface area contributed by atoms with E-state index in [4.69, 9.17) is 9.47 Å². The molecule has 0 heterocycles. The largest absolute Gasteiger partial charge is 0.462 e. The summed E-state index contributed by atoms with van der Waals surface area (Å²) in [6.07, 6.45) is 0. The lowest BCUT2D eigenvalue weighted by Crippen LogP contribution is -2.15. The minimum atomic E-state index is -0.361. The van der Waals surface area contributed by atoms with E-state index in [1.165, 1.54) is 11.8 Å². The number of esters is 1. The number of anilines is 1. The van der Waals surface area contributed by atoms with Crippen LogP contribution < -0.4 is 5.32 Å². The lowest BCUT2D eigenvalue weighted by molar-refractivity contribution is -0.113. The van der Waals surface area contributed by atoms with Crippen LogP contribution in [0.25, 0.3) is 0 Å². The molecular formula is C14H19NO4S. The molecule has 0 bridgehead atoms. The maximum atomic E-state index is 11.6. The van der Waals surface area contributed by atoms with Gasteiger partial charge in [-0.05, 0) is 31.2 Å². The first-order chi connectivity index (χ1) is 9.67. The predicted molar refractivity (Wildman–Crippen MR) is 80.2 cm³/mol. The van der Waals surface area contributed by atoms with E-state index in [1.807, 2.05) is 0 Å². The Morgan fingerprint density at radius 1 is 1.25 bits per heavy atom. The van der Waals surface area contributed by atoms with Gasteiger partial charge in [0, 0.05) is 18.6 Å². The van der Waals surface area contributed by atoms with Crippen LogP contribution in [0.3, 0.4) is 0 Å². The van der Waals surface area contributed by atoms with E-state index in [1.54, 1.807) is 38.3 Å². The number of methoxy groups -OCH3 is 1. The van der Waals surface area contributed by atoms with Crippen LogP contribution in [0.2, 0.25) is 0 Å². The van der Waals surface area contributed by atoms with Crippen molar-refractivity contribution in [2.24, 2.45) is 0 Å². The van der Waals surface area contributed by atoms with Crippen LogP contribution in [0, 0.1) is 0 Å². The number of nitrogens with one attached hydrogen (secondary N) is 1. The number of hydrogen-bond acceptors (Lipinski definition) is 5. The number of rotatable bonds is 8. The Morgan fingerprint density at radius 3 is 2.55 bits per heavy atom. The molecule has 6 heteroatoms. The molecule has 0 fully saturated rings. The Bertz CT molecular complexity index is 433. The van der Waals surface area contributed by atoms with Crippen LogP contribution in [0.1, 0.15) is 17.3 Å². The Hall–Kier alpha value is -1.53. The number of carbonyl (C=O) groups excluding carboxylic acids is 2. The SMILES string of the molecule is CCOC(=O)c1ccc(NC(=O)CSCCOC)cc1. The lowest BCUT2D eigenvalue weighted by atomic mass is 10.2. The van der Waals surface area contributed by atoms with Gasteiger partial charge in [0.2, 0.25) is 5.91 Å². The van der Waals surface area contributed by atoms with Crippen molar-refractivity contribution in [3.63, 3.8) is 0 Å². The first kappa shape index (κ1) is 16.5. The summed E-state index contributed by atoms with van der Waals surface area (Å²) in [6, 6.07) is 6.63. The minimum Gasteiger partial charge on any atom is -0.462 e.